The Kier molecular flexibility index (Phi) is 5.38. The monoisotopic (exact) mass is 389 g/mol. The van der Waals surface area contributed by atoms with E-state index in [0.29, 0.717) is 13.2 Å². The van der Waals surface area contributed by atoms with Crippen LogP contribution in [-0.4, -0.2) is 31.6 Å². The molecule has 1 atom stereocenters. The third-order valence-electron chi connectivity index (χ3n) is 5.19. The summed E-state index contributed by atoms with van der Waals surface area (Å²) >= 11 is 0. The summed E-state index contributed by atoms with van der Waals surface area (Å²) in [6.45, 7) is 0.913. The molecule has 29 heavy (non-hydrogen) atoms. The minimum Gasteiger partial charge on any atom is -0.497 e. The molecule has 1 heterocycles. The van der Waals surface area contributed by atoms with Crippen molar-refractivity contribution in [3.8, 4) is 17.2 Å². The number of hydrogen-bond acceptors (Lipinski definition) is 4. The van der Waals surface area contributed by atoms with Crippen LogP contribution in [0.25, 0.3) is 0 Å². The highest BCUT2D eigenvalue weighted by Crippen LogP contribution is 2.33. The fraction of sp³-hybridized carbons (Fsp3) is 0.208. The standard InChI is InChI=1S/C24H23NO4/c1-27-19-9-7-17(8-10-19)23(16-29-21-13-11-20(28-2)12-14-21)25-15-18-5-3-4-6-22(18)24(25)26/h3-14,23H,15-16H2,1-2H3. The SMILES string of the molecule is COc1ccc(OCC(c2ccc(OC)cc2)N2Cc3ccccc3C2=O)cc1. The number of ether oxygens (including phenoxy) is 3. The number of hydrogen-bond donors (Lipinski definition) is 0. The summed E-state index contributed by atoms with van der Waals surface area (Å²) in [6.07, 6.45) is 0. The van der Waals surface area contributed by atoms with Crippen LogP contribution < -0.4 is 14.2 Å². The number of nitrogens with zero attached hydrogens (tertiary/aromatic N) is 1. The molecule has 3 aromatic rings. The first-order chi connectivity index (χ1) is 14.2. The summed E-state index contributed by atoms with van der Waals surface area (Å²) in [6, 6.07) is 22.7. The van der Waals surface area contributed by atoms with E-state index in [9.17, 15) is 4.79 Å². The molecule has 1 aliphatic rings. The maximum atomic E-state index is 13.1. The average Bonchev–Trinajstić information content (AvgIpc) is 3.11. The van der Waals surface area contributed by atoms with Crippen molar-refractivity contribution in [1.82, 2.24) is 4.90 Å². The van der Waals surface area contributed by atoms with Crippen molar-refractivity contribution < 1.29 is 19.0 Å². The van der Waals surface area contributed by atoms with Gasteiger partial charge in [-0.15, -0.1) is 0 Å². The highest BCUT2D eigenvalue weighted by molar-refractivity contribution is 5.98. The maximum absolute atomic E-state index is 13.1. The first kappa shape index (κ1) is 18.9. The van der Waals surface area contributed by atoms with Gasteiger partial charge in [0.2, 0.25) is 0 Å². The number of amides is 1. The Hall–Kier alpha value is -3.47. The van der Waals surface area contributed by atoms with Gasteiger partial charge in [0.05, 0.1) is 20.3 Å². The molecule has 1 aliphatic heterocycles. The van der Waals surface area contributed by atoms with Crippen molar-refractivity contribution in [3.63, 3.8) is 0 Å². The van der Waals surface area contributed by atoms with Crippen molar-refractivity contribution in [2.75, 3.05) is 20.8 Å². The number of methoxy groups -OCH3 is 2. The molecule has 0 radical (unpaired) electrons. The van der Waals surface area contributed by atoms with Gasteiger partial charge in [0.1, 0.15) is 23.9 Å². The molecule has 1 amide bonds. The first-order valence-electron chi connectivity index (χ1n) is 9.49. The highest BCUT2D eigenvalue weighted by Gasteiger charge is 2.33. The number of benzene rings is 3. The van der Waals surface area contributed by atoms with E-state index in [0.717, 1.165) is 33.9 Å². The largest absolute Gasteiger partial charge is 0.497 e. The van der Waals surface area contributed by atoms with Gasteiger partial charge in [-0.25, -0.2) is 0 Å². The number of rotatable bonds is 7. The third-order valence-corrected chi connectivity index (χ3v) is 5.19. The normalized spacial score (nSPS) is 13.7. The van der Waals surface area contributed by atoms with E-state index >= 15 is 0 Å². The van der Waals surface area contributed by atoms with Gasteiger partial charge < -0.3 is 19.1 Å². The number of carbonyl (C=O) groups is 1. The van der Waals surface area contributed by atoms with E-state index in [-0.39, 0.29) is 11.9 Å². The van der Waals surface area contributed by atoms with E-state index in [1.165, 1.54) is 0 Å². The van der Waals surface area contributed by atoms with E-state index in [1.807, 2.05) is 77.7 Å². The molecule has 3 aromatic carbocycles. The molecule has 0 aliphatic carbocycles. The van der Waals surface area contributed by atoms with Crippen LogP contribution in [0.1, 0.15) is 27.5 Å². The van der Waals surface area contributed by atoms with E-state index in [1.54, 1.807) is 14.2 Å². The lowest BCUT2D eigenvalue weighted by Crippen LogP contribution is -2.33. The zero-order valence-corrected chi connectivity index (χ0v) is 16.5. The van der Waals surface area contributed by atoms with Crippen LogP contribution in [-0.2, 0) is 6.54 Å². The molecule has 0 spiro atoms. The van der Waals surface area contributed by atoms with Crippen LogP contribution >= 0.6 is 0 Å². The van der Waals surface area contributed by atoms with Crippen molar-refractivity contribution in [2.45, 2.75) is 12.6 Å². The summed E-state index contributed by atoms with van der Waals surface area (Å²) < 4.78 is 16.5. The predicted molar refractivity (Wildman–Crippen MR) is 111 cm³/mol. The predicted octanol–water partition coefficient (Wildman–Crippen LogP) is 4.48. The molecule has 5 heteroatoms. The number of fused-ring (bicyclic) bond motifs is 1. The summed E-state index contributed by atoms with van der Waals surface area (Å²) in [5, 5.41) is 0. The lowest BCUT2D eigenvalue weighted by Gasteiger charge is -2.28. The van der Waals surface area contributed by atoms with Gasteiger partial charge in [0.25, 0.3) is 5.91 Å². The molecule has 1 unspecified atom stereocenters. The summed E-state index contributed by atoms with van der Waals surface area (Å²) in [4.78, 5) is 14.9. The molecule has 0 aromatic heterocycles. The Bertz CT molecular complexity index is 983. The minimum atomic E-state index is -0.220. The Labute approximate surface area is 170 Å². The van der Waals surface area contributed by atoms with Crippen molar-refractivity contribution in [2.24, 2.45) is 0 Å². The van der Waals surface area contributed by atoms with Crippen molar-refractivity contribution in [1.29, 1.82) is 0 Å². The van der Waals surface area contributed by atoms with Gasteiger partial charge in [0, 0.05) is 12.1 Å². The fourth-order valence-electron chi connectivity index (χ4n) is 3.57. The zero-order chi connectivity index (χ0) is 20.2. The second-order valence-electron chi connectivity index (χ2n) is 6.87. The van der Waals surface area contributed by atoms with E-state index < -0.39 is 0 Å². The average molecular weight is 389 g/mol. The maximum Gasteiger partial charge on any atom is 0.255 e. The molecule has 148 valence electrons. The second kappa shape index (κ2) is 8.27. The molecule has 4 rings (SSSR count). The molecular formula is C24H23NO4. The van der Waals surface area contributed by atoms with Crippen LogP contribution in [0, 0.1) is 0 Å². The summed E-state index contributed by atoms with van der Waals surface area (Å²) in [5.74, 6) is 2.31. The van der Waals surface area contributed by atoms with Crippen LogP contribution in [0.4, 0.5) is 0 Å². The Morgan fingerprint density at radius 1 is 0.828 bits per heavy atom. The quantitative estimate of drug-likeness (QED) is 0.598. The summed E-state index contributed by atoms with van der Waals surface area (Å²) in [5.41, 5.74) is 2.80. The Balaban J connectivity index is 1.59. The minimum absolute atomic E-state index is 0.0275. The molecule has 0 saturated carbocycles. The van der Waals surface area contributed by atoms with Crippen LogP contribution in [0.3, 0.4) is 0 Å². The highest BCUT2D eigenvalue weighted by atomic mass is 16.5. The smallest absolute Gasteiger partial charge is 0.255 e. The van der Waals surface area contributed by atoms with Gasteiger partial charge >= 0.3 is 0 Å². The van der Waals surface area contributed by atoms with Gasteiger partial charge in [0.15, 0.2) is 0 Å². The van der Waals surface area contributed by atoms with Crippen LogP contribution in [0.2, 0.25) is 0 Å². The van der Waals surface area contributed by atoms with Crippen molar-refractivity contribution >= 4 is 5.91 Å². The third kappa shape index (κ3) is 3.90. The molecule has 0 fully saturated rings. The van der Waals surface area contributed by atoms with Crippen molar-refractivity contribution in [3.05, 3.63) is 89.5 Å². The van der Waals surface area contributed by atoms with E-state index in [4.69, 9.17) is 14.2 Å². The van der Waals surface area contributed by atoms with E-state index in [2.05, 4.69) is 0 Å². The van der Waals surface area contributed by atoms with Gasteiger partial charge in [-0.3, -0.25) is 4.79 Å². The number of carbonyl (C=O) groups excluding carboxylic acids is 1. The lowest BCUT2D eigenvalue weighted by atomic mass is 10.1. The van der Waals surface area contributed by atoms with Gasteiger partial charge in [-0.1, -0.05) is 30.3 Å². The van der Waals surface area contributed by atoms with Crippen LogP contribution in [0.15, 0.2) is 72.8 Å². The topological polar surface area (TPSA) is 48.0 Å². The first-order valence-corrected chi connectivity index (χ1v) is 9.49. The lowest BCUT2D eigenvalue weighted by molar-refractivity contribution is 0.0635. The van der Waals surface area contributed by atoms with Crippen LogP contribution in [0.5, 0.6) is 17.2 Å². The molecule has 0 saturated heterocycles. The Morgan fingerprint density at radius 2 is 1.41 bits per heavy atom. The molecule has 5 nitrogen and oxygen atoms in total. The zero-order valence-electron chi connectivity index (χ0n) is 16.5. The molecule has 0 N–H and O–H groups in total. The molecular weight excluding hydrogens is 366 g/mol. The fourth-order valence-corrected chi connectivity index (χ4v) is 3.57. The summed E-state index contributed by atoms with van der Waals surface area (Å²) in [7, 11) is 3.27. The second-order valence-corrected chi connectivity index (χ2v) is 6.87. The van der Waals surface area contributed by atoms with Gasteiger partial charge in [-0.05, 0) is 53.6 Å². The van der Waals surface area contributed by atoms with Gasteiger partial charge in [-0.2, -0.15) is 0 Å². The Morgan fingerprint density at radius 3 is 2.03 bits per heavy atom. The molecule has 0 bridgehead atoms.